The normalized spacial score (nSPS) is 10.5. The van der Waals surface area contributed by atoms with Gasteiger partial charge in [-0.1, -0.05) is 12.1 Å². The molecule has 1 N–H and O–H groups in total. The quantitative estimate of drug-likeness (QED) is 0.447. The SMILES string of the molecule is COc1ccc(NC(=O)c2cnc(-c3cccs3)s2)cc1OCc1cccnc1. The minimum Gasteiger partial charge on any atom is -0.493 e. The first-order valence-corrected chi connectivity index (χ1v) is 10.4. The molecule has 8 heteroatoms. The number of carbonyl (C=O) groups is 1. The number of rotatable bonds is 7. The summed E-state index contributed by atoms with van der Waals surface area (Å²) in [5, 5.41) is 5.71. The molecule has 0 aliphatic heterocycles. The van der Waals surface area contributed by atoms with Crippen molar-refractivity contribution in [3.8, 4) is 21.4 Å². The van der Waals surface area contributed by atoms with Gasteiger partial charge >= 0.3 is 0 Å². The summed E-state index contributed by atoms with van der Waals surface area (Å²) < 4.78 is 11.2. The second-order valence-corrected chi connectivity index (χ2v) is 7.96. The van der Waals surface area contributed by atoms with Crippen LogP contribution < -0.4 is 14.8 Å². The van der Waals surface area contributed by atoms with Crippen LogP contribution in [0, 0.1) is 0 Å². The lowest BCUT2D eigenvalue weighted by Gasteiger charge is -2.12. The Balaban J connectivity index is 1.47. The Morgan fingerprint density at radius 1 is 1.14 bits per heavy atom. The van der Waals surface area contributed by atoms with Crippen molar-refractivity contribution in [2.24, 2.45) is 0 Å². The van der Waals surface area contributed by atoms with E-state index in [-0.39, 0.29) is 5.91 Å². The first-order valence-electron chi connectivity index (χ1n) is 8.74. The third-order valence-corrected chi connectivity index (χ3v) is 6.04. The number of carbonyl (C=O) groups excluding carboxylic acids is 1. The van der Waals surface area contributed by atoms with E-state index in [4.69, 9.17) is 9.47 Å². The molecule has 1 amide bonds. The van der Waals surface area contributed by atoms with Crippen LogP contribution in [0.4, 0.5) is 5.69 Å². The van der Waals surface area contributed by atoms with Crippen molar-refractivity contribution in [3.63, 3.8) is 0 Å². The maximum Gasteiger partial charge on any atom is 0.267 e. The minimum absolute atomic E-state index is 0.214. The highest BCUT2D eigenvalue weighted by Crippen LogP contribution is 2.32. The van der Waals surface area contributed by atoms with Gasteiger partial charge in [-0.15, -0.1) is 22.7 Å². The number of amides is 1. The van der Waals surface area contributed by atoms with Crippen LogP contribution in [0.1, 0.15) is 15.2 Å². The zero-order valence-electron chi connectivity index (χ0n) is 15.5. The number of benzene rings is 1. The highest BCUT2D eigenvalue weighted by molar-refractivity contribution is 7.22. The van der Waals surface area contributed by atoms with Crippen LogP contribution in [-0.2, 0) is 6.61 Å². The number of methoxy groups -OCH3 is 1. The third-order valence-electron chi connectivity index (χ3n) is 4.00. The molecule has 0 radical (unpaired) electrons. The summed E-state index contributed by atoms with van der Waals surface area (Å²) in [6.45, 7) is 0.348. The topological polar surface area (TPSA) is 73.3 Å². The van der Waals surface area contributed by atoms with Gasteiger partial charge in [0.1, 0.15) is 16.5 Å². The van der Waals surface area contributed by atoms with Crippen LogP contribution >= 0.6 is 22.7 Å². The van der Waals surface area contributed by atoms with Crippen LogP contribution in [0.15, 0.2) is 66.4 Å². The predicted molar refractivity (Wildman–Crippen MR) is 115 cm³/mol. The molecule has 0 saturated heterocycles. The van der Waals surface area contributed by atoms with Gasteiger partial charge in [-0.25, -0.2) is 4.98 Å². The average Bonchev–Trinajstić information content (AvgIpc) is 3.45. The first kappa shape index (κ1) is 19.1. The molecule has 29 heavy (non-hydrogen) atoms. The molecule has 0 unspecified atom stereocenters. The van der Waals surface area contributed by atoms with E-state index in [9.17, 15) is 4.79 Å². The van der Waals surface area contributed by atoms with Crippen molar-refractivity contribution >= 4 is 34.3 Å². The van der Waals surface area contributed by atoms with Crippen molar-refractivity contribution in [2.45, 2.75) is 6.61 Å². The van der Waals surface area contributed by atoms with Crippen LogP contribution in [0.2, 0.25) is 0 Å². The van der Waals surface area contributed by atoms with E-state index < -0.39 is 0 Å². The van der Waals surface area contributed by atoms with Crippen LogP contribution in [-0.4, -0.2) is 23.0 Å². The van der Waals surface area contributed by atoms with Gasteiger partial charge in [-0.2, -0.15) is 0 Å². The minimum atomic E-state index is -0.214. The van der Waals surface area contributed by atoms with Gasteiger partial charge in [-0.05, 0) is 29.6 Å². The molecule has 0 fully saturated rings. The fourth-order valence-electron chi connectivity index (χ4n) is 2.60. The molecule has 1 aromatic carbocycles. The number of hydrogen-bond donors (Lipinski definition) is 1. The number of thiazole rings is 1. The lowest BCUT2D eigenvalue weighted by atomic mass is 10.2. The number of aromatic nitrogens is 2. The molecule has 4 aromatic rings. The Morgan fingerprint density at radius 3 is 2.83 bits per heavy atom. The molecule has 0 spiro atoms. The molecular weight excluding hydrogens is 406 g/mol. The van der Waals surface area contributed by atoms with Crippen molar-refractivity contribution in [1.82, 2.24) is 9.97 Å². The molecular formula is C21H17N3O3S2. The van der Waals surface area contributed by atoms with Gasteiger partial charge < -0.3 is 14.8 Å². The number of ether oxygens (including phenoxy) is 2. The monoisotopic (exact) mass is 423 g/mol. The summed E-state index contributed by atoms with van der Waals surface area (Å²) >= 11 is 2.96. The number of thiophene rings is 1. The van der Waals surface area contributed by atoms with E-state index in [1.165, 1.54) is 11.3 Å². The number of anilines is 1. The third kappa shape index (κ3) is 4.61. The summed E-state index contributed by atoms with van der Waals surface area (Å²) in [5.41, 5.74) is 1.55. The molecule has 6 nitrogen and oxygen atoms in total. The molecule has 3 aromatic heterocycles. The molecule has 0 atom stereocenters. The Labute approximate surface area is 175 Å². The summed E-state index contributed by atoms with van der Waals surface area (Å²) in [6, 6.07) is 13.0. The van der Waals surface area contributed by atoms with Gasteiger partial charge in [0.05, 0.1) is 18.2 Å². The van der Waals surface area contributed by atoms with Gasteiger partial charge in [0.2, 0.25) is 0 Å². The van der Waals surface area contributed by atoms with Gasteiger partial charge in [-0.3, -0.25) is 9.78 Å². The summed E-state index contributed by atoms with van der Waals surface area (Å²) in [7, 11) is 1.58. The Kier molecular flexibility index (Phi) is 5.83. The molecule has 0 aliphatic carbocycles. The van der Waals surface area contributed by atoms with Crippen LogP contribution in [0.5, 0.6) is 11.5 Å². The molecule has 4 rings (SSSR count). The second-order valence-electron chi connectivity index (χ2n) is 5.98. The predicted octanol–water partition coefficient (Wildman–Crippen LogP) is 5.11. The largest absolute Gasteiger partial charge is 0.493 e. The van der Waals surface area contributed by atoms with Crippen molar-refractivity contribution < 1.29 is 14.3 Å². The van der Waals surface area contributed by atoms with Crippen molar-refractivity contribution in [1.29, 1.82) is 0 Å². The molecule has 0 saturated carbocycles. The van der Waals surface area contributed by atoms with Gasteiger partial charge in [0, 0.05) is 29.7 Å². The summed E-state index contributed by atoms with van der Waals surface area (Å²) in [6.07, 6.45) is 5.05. The Bertz CT molecular complexity index is 1100. The van der Waals surface area contributed by atoms with Crippen molar-refractivity contribution in [3.05, 3.63) is 76.9 Å². The maximum atomic E-state index is 12.6. The summed E-state index contributed by atoms with van der Waals surface area (Å²) in [5.74, 6) is 0.913. The fourth-order valence-corrected chi connectivity index (χ4v) is 4.21. The van der Waals surface area contributed by atoms with Crippen LogP contribution in [0.25, 0.3) is 9.88 Å². The van der Waals surface area contributed by atoms with Gasteiger partial charge in [0.15, 0.2) is 11.5 Å². The van der Waals surface area contributed by atoms with Gasteiger partial charge in [0.25, 0.3) is 5.91 Å². The number of hydrogen-bond acceptors (Lipinski definition) is 7. The molecule has 3 heterocycles. The van der Waals surface area contributed by atoms with E-state index in [0.29, 0.717) is 28.7 Å². The zero-order chi connectivity index (χ0) is 20.1. The number of nitrogens with zero attached hydrogens (tertiary/aromatic N) is 2. The van der Waals surface area contributed by atoms with E-state index in [1.807, 2.05) is 29.6 Å². The maximum absolute atomic E-state index is 12.6. The second kappa shape index (κ2) is 8.85. The summed E-state index contributed by atoms with van der Waals surface area (Å²) in [4.78, 5) is 22.6. The highest BCUT2D eigenvalue weighted by Gasteiger charge is 2.14. The van der Waals surface area contributed by atoms with E-state index >= 15 is 0 Å². The fraction of sp³-hybridized carbons (Fsp3) is 0.0952. The Hall–Kier alpha value is -3.23. The Morgan fingerprint density at radius 2 is 2.07 bits per heavy atom. The average molecular weight is 424 g/mol. The lowest BCUT2D eigenvalue weighted by Crippen LogP contribution is -2.10. The lowest BCUT2D eigenvalue weighted by molar-refractivity contribution is 0.103. The molecule has 0 bridgehead atoms. The highest BCUT2D eigenvalue weighted by atomic mass is 32.1. The standard InChI is InChI=1S/C21H17N3O3S2/c1-26-16-7-6-15(10-17(16)27-13-14-4-2-8-22-11-14)24-20(25)19-12-23-21(29-19)18-5-3-9-28-18/h2-12H,13H2,1H3,(H,24,25). The number of nitrogens with one attached hydrogen (secondary N) is 1. The number of pyridine rings is 1. The van der Waals surface area contributed by atoms with E-state index in [2.05, 4.69) is 15.3 Å². The van der Waals surface area contributed by atoms with E-state index in [0.717, 1.165) is 15.4 Å². The first-order chi connectivity index (χ1) is 14.2. The van der Waals surface area contributed by atoms with Crippen LogP contribution in [0.3, 0.4) is 0 Å². The van der Waals surface area contributed by atoms with E-state index in [1.54, 1.807) is 55.2 Å². The van der Waals surface area contributed by atoms with Crippen molar-refractivity contribution in [2.75, 3.05) is 12.4 Å². The smallest absolute Gasteiger partial charge is 0.267 e. The zero-order valence-corrected chi connectivity index (χ0v) is 17.1. The molecule has 0 aliphatic rings. The molecule has 146 valence electrons.